The van der Waals surface area contributed by atoms with Crippen LogP contribution in [0.5, 0.6) is 11.6 Å². The molecule has 3 N–H and O–H groups in total. The van der Waals surface area contributed by atoms with Gasteiger partial charge in [0.15, 0.2) is 0 Å². The number of aromatic nitrogens is 2. The highest BCUT2D eigenvalue weighted by molar-refractivity contribution is 5.47. The third-order valence-corrected chi connectivity index (χ3v) is 2.77. The monoisotopic (exact) mass is 274 g/mol. The summed E-state index contributed by atoms with van der Waals surface area (Å²) in [5.74, 6) is 2.11. The largest absolute Gasteiger partial charge is 0.492 e. The fourth-order valence-corrected chi connectivity index (χ4v) is 1.72. The molecule has 0 spiro atoms. The van der Waals surface area contributed by atoms with Crippen LogP contribution in [0.15, 0.2) is 30.6 Å². The lowest BCUT2D eigenvalue weighted by Gasteiger charge is -2.11. The van der Waals surface area contributed by atoms with Crippen LogP contribution in [0.25, 0.3) is 0 Å². The van der Waals surface area contributed by atoms with Crippen molar-refractivity contribution in [3.63, 3.8) is 0 Å². The molecular formula is C14H18N4O2. The Morgan fingerprint density at radius 3 is 2.65 bits per heavy atom. The summed E-state index contributed by atoms with van der Waals surface area (Å²) in [4.78, 5) is 8.19. The van der Waals surface area contributed by atoms with Gasteiger partial charge in [-0.25, -0.2) is 9.97 Å². The molecule has 0 unspecified atom stereocenters. The standard InChI is InChI=1S/C14H18N4O2/c1-10-13(17-9-18-14(10)19-2)16-7-8-20-12-5-3-11(15)4-6-12/h3-6,9H,7-8,15H2,1-2H3,(H,16,17,18). The zero-order valence-electron chi connectivity index (χ0n) is 11.6. The minimum Gasteiger partial charge on any atom is -0.492 e. The summed E-state index contributed by atoms with van der Waals surface area (Å²) in [5.41, 5.74) is 7.21. The Morgan fingerprint density at radius 2 is 1.95 bits per heavy atom. The van der Waals surface area contributed by atoms with Gasteiger partial charge in [0.05, 0.1) is 19.2 Å². The van der Waals surface area contributed by atoms with Gasteiger partial charge in [-0.2, -0.15) is 0 Å². The Hall–Kier alpha value is -2.50. The molecule has 6 nitrogen and oxygen atoms in total. The number of hydrogen-bond donors (Lipinski definition) is 2. The molecule has 1 heterocycles. The molecule has 2 aromatic rings. The van der Waals surface area contributed by atoms with Crippen molar-refractivity contribution in [2.24, 2.45) is 0 Å². The average molecular weight is 274 g/mol. The van der Waals surface area contributed by atoms with Crippen molar-refractivity contribution in [2.45, 2.75) is 6.92 Å². The highest BCUT2D eigenvalue weighted by Gasteiger charge is 2.06. The van der Waals surface area contributed by atoms with Crippen molar-refractivity contribution in [1.29, 1.82) is 0 Å². The smallest absolute Gasteiger partial charge is 0.221 e. The van der Waals surface area contributed by atoms with Gasteiger partial charge < -0.3 is 20.5 Å². The molecule has 0 bridgehead atoms. The molecule has 0 aliphatic carbocycles. The normalized spacial score (nSPS) is 10.1. The number of hydrogen-bond acceptors (Lipinski definition) is 6. The summed E-state index contributed by atoms with van der Waals surface area (Å²) < 4.78 is 10.7. The van der Waals surface area contributed by atoms with Gasteiger partial charge in [-0.05, 0) is 31.2 Å². The summed E-state index contributed by atoms with van der Waals surface area (Å²) in [7, 11) is 1.59. The second-order valence-corrected chi connectivity index (χ2v) is 4.20. The molecule has 0 amide bonds. The first-order valence-electron chi connectivity index (χ1n) is 6.28. The van der Waals surface area contributed by atoms with E-state index in [0.717, 1.165) is 22.8 Å². The number of methoxy groups -OCH3 is 1. The highest BCUT2D eigenvalue weighted by atomic mass is 16.5. The molecule has 1 aromatic heterocycles. The molecular weight excluding hydrogens is 256 g/mol. The quantitative estimate of drug-likeness (QED) is 0.618. The van der Waals surface area contributed by atoms with Gasteiger partial charge in [0.2, 0.25) is 5.88 Å². The third-order valence-electron chi connectivity index (χ3n) is 2.77. The molecule has 2 rings (SSSR count). The lowest BCUT2D eigenvalue weighted by Crippen LogP contribution is -2.13. The molecule has 6 heteroatoms. The molecule has 0 saturated carbocycles. The minimum absolute atomic E-state index is 0.523. The molecule has 106 valence electrons. The van der Waals surface area contributed by atoms with Crippen molar-refractivity contribution in [1.82, 2.24) is 9.97 Å². The van der Waals surface area contributed by atoms with Gasteiger partial charge in [-0.3, -0.25) is 0 Å². The Labute approximate surface area is 118 Å². The summed E-state index contributed by atoms with van der Waals surface area (Å²) in [5, 5.41) is 3.19. The Kier molecular flexibility index (Phi) is 4.60. The van der Waals surface area contributed by atoms with E-state index in [2.05, 4.69) is 15.3 Å². The summed E-state index contributed by atoms with van der Waals surface area (Å²) in [6.07, 6.45) is 1.47. The molecule has 0 aliphatic rings. The third kappa shape index (κ3) is 3.50. The minimum atomic E-state index is 0.523. The van der Waals surface area contributed by atoms with Crippen molar-refractivity contribution < 1.29 is 9.47 Å². The van der Waals surface area contributed by atoms with E-state index in [9.17, 15) is 0 Å². The van der Waals surface area contributed by atoms with E-state index >= 15 is 0 Å². The highest BCUT2D eigenvalue weighted by Crippen LogP contribution is 2.19. The number of ether oxygens (including phenoxy) is 2. The predicted octanol–water partition coefficient (Wildman–Crippen LogP) is 1.87. The van der Waals surface area contributed by atoms with Crippen LogP contribution in [-0.2, 0) is 0 Å². The molecule has 1 aromatic carbocycles. The maximum absolute atomic E-state index is 5.61. The van der Waals surface area contributed by atoms with Crippen molar-refractivity contribution in [3.05, 3.63) is 36.2 Å². The molecule has 0 atom stereocenters. The van der Waals surface area contributed by atoms with E-state index in [0.29, 0.717) is 19.0 Å². The van der Waals surface area contributed by atoms with Crippen LogP contribution in [0.1, 0.15) is 5.56 Å². The van der Waals surface area contributed by atoms with Crippen molar-refractivity contribution >= 4 is 11.5 Å². The molecule has 0 saturated heterocycles. The van der Waals surface area contributed by atoms with Gasteiger partial charge in [-0.1, -0.05) is 0 Å². The summed E-state index contributed by atoms with van der Waals surface area (Å²) in [6.45, 7) is 3.06. The Bertz CT molecular complexity index is 558. The van der Waals surface area contributed by atoms with E-state index in [1.807, 2.05) is 31.2 Å². The van der Waals surface area contributed by atoms with Crippen LogP contribution in [-0.4, -0.2) is 30.2 Å². The van der Waals surface area contributed by atoms with Crippen LogP contribution in [0, 0.1) is 6.92 Å². The van der Waals surface area contributed by atoms with Crippen LogP contribution in [0.2, 0.25) is 0 Å². The first-order chi connectivity index (χ1) is 9.70. The average Bonchev–Trinajstić information content (AvgIpc) is 2.47. The number of nitrogen functional groups attached to an aromatic ring is 1. The van der Waals surface area contributed by atoms with Gasteiger partial charge in [0, 0.05) is 5.69 Å². The first kappa shape index (κ1) is 13.9. The molecule has 0 aliphatic heterocycles. The number of anilines is 2. The van der Waals surface area contributed by atoms with E-state index in [1.54, 1.807) is 7.11 Å². The van der Waals surface area contributed by atoms with Crippen LogP contribution in [0.4, 0.5) is 11.5 Å². The van der Waals surface area contributed by atoms with Gasteiger partial charge in [-0.15, -0.1) is 0 Å². The van der Waals surface area contributed by atoms with E-state index in [-0.39, 0.29) is 0 Å². The summed E-state index contributed by atoms with van der Waals surface area (Å²) >= 11 is 0. The fraction of sp³-hybridized carbons (Fsp3) is 0.286. The maximum Gasteiger partial charge on any atom is 0.221 e. The maximum atomic E-state index is 5.61. The number of nitrogens with zero attached hydrogens (tertiary/aromatic N) is 2. The lowest BCUT2D eigenvalue weighted by atomic mass is 10.3. The predicted molar refractivity (Wildman–Crippen MR) is 78.2 cm³/mol. The van der Waals surface area contributed by atoms with Gasteiger partial charge in [0.25, 0.3) is 0 Å². The summed E-state index contributed by atoms with van der Waals surface area (Å²) in [6, 6.07) is 7.30. The SMILES string of the molecule is COc1ncnc(NCCOc2ccc(N)cc2)c1C. The van der Waals surface area contributed by atoms with E-state index < -0.39 is 0 Å². The lowest BCUT2D eigenvalue weighted by molar-refractivity contribution is 0.332. The van der Waals surface area contributed by atoms with Crippen LogP contribution in [0.3, 0.4) is 0 Å². The van der Waals surface area contributed by atoms with Gasteiger partial charge >= 0.3 is 0 Å². The van der Waals surface area contributed by atoms with Gasteiger partial charge in [0.1, 0.15) is 24.5 Å². The number of nitrogens with two attached hydrogens (primary N) is 1. The number of rotatable bonds is 6. The second kappa shape index (κ2) is 6.60. The van der Waals surface area contributed by atoms with Crippen LogP contribution < -0.4 is 20.5 Å². The fourth-order valence-electron chi connectivity index (χ4n) is 1.72. The van der Waals surface area contributed by atoms with E-state index in [1.165, 1.54) is 6.33 Å². The zero-order chi connectivity index (χ0) is 14.4. The van der Waals surface area contributed by atoms with Crippen molar-refractivity contribution in [3.8, 4) is 11.6 Å². The second-order valence-electron chi connectivity index (χ2n) is 4.20. The molecule has 0 fully saturated rings. The topological polar surface area (TPSA) is 82.3 Å². The Morgan fingerprint density at radius 1 is 1.20 bits per heavy atom. The zero-order valence-corrected chi connectivity index (χ0v) is 11.6. The van der Waals surface area contributed by atoms with Crippen molar-refractivity contribution in [2.75, 3.05) is 31.3 Å². The molecule has 0 radical (unpaired) electrons. The number of benzene rings is 1. The number of nitrogens with one attached hydrogen (secondary N) is 1. The molecule has 20 heavy (non-hydrogen) atoms. The Balaban J connectivity index is 1.83. The van der Waals surface area contributed by atoms with E-state index in [4.69, 9.17) is 15.2 Å². The first-order valence-corrected chi connectivity index (χ1v) is 6.28. The van der Waals surface area contributed by atoms with Crippen LogP contribution >= 0.6 is 0 Å².